The zero-order valence-corrected chi connectivity index (χ0v) is 16.8. The number of aryl methyl sites for hydroxylation is 1. The molecule has 6 nitrogen and oxygen atoms in total. The minimum Gasteiger partial charge on any atom is -0.457 e. The van der Waals surface area contributed by atoms with Crippen LogP contribution in [0.5, 0.6) is 17.2 Å². The molecule has 0 aliphatic heterocycles. The SMILES string of the molecule is Cc1ccc(Oc2ccc(OS(=O)(=O)c3cccc(S(C)(=O)=O)c3)cc2)cc1. The van der Waals surface area contributed by atoms with Crippen LogP contribution in [0.3, 0.4) is 0 Å². The van der Waals surface area contributed by atoms with Gasteiger partial charge in [-0.15, -0.1) is 0 Å². The van der Waals surface area contributed by atoms with Gasteiger partial charge in [-0.1, -0.05) is 23.8 Å². The van der Waals surface area contributed by atoms with Crippen molar-refractivity contribution in [3.05, 3.63) is 78.4 Å². The Morgan fingerprint density at radius 3 is 1.75 bits per heavy atom. The van der Waals surface area contributed by atoms with Crippen LogP contribution in [-0.4, -0.2) is 23.1 Å². The summed E-state index contributed by atoms with van der Waals surface area (Å²) >= 11 is 0. The standard InChI is InChI=1S/C20H18O6S2/c1-15-6-8-16(9-7-15)25-17-10-12-18(13-11-17)26-28(23,24)20-5-3-4-19(14-20)27(2,21)22/h3-14H,1-2H3. The average Bonchev–Trinajstić information content (AvgIpc) is 2.64. The molecule has 0 heterocycles. The molecular weight excluding hydrogens is 400 g/mol. The van der Waals surface area contributed by atoms with Crippen molar-refractivity contribution in [1.82, 2.24) is 0 Å². The van der Waals surface area contributed by atoms with Crippen LogP contribution in [0.25, 0.3) is 0 Å². The molecule has 8 heteroatoms. The quantitative estimate of drug-likeness (QED) is 0.563. The first kappa shape index (κ1) is 19.9. The second-order valence-corrected chi connectivity index (χ2v) is 9.73. The molecule has 0 aliphatic rings. The first-order valence-corrected chi connectivity index (χ1v) is 11.5. The average molecular weight is 418 g/mol. The molecule has 0 bridgehead atoms. The fourth-order valence-corrected chi connectivity index (χ4v) is 4.06. The summed E-state index contributed by atoms with van der Waals surface area (Å²) in [5, 5.41) is 0. The van der Waals surface area contributed by atoms with Gasteiger partial charge in [0.2, 0.25) is 0 Å². The van der Waals surface area contributed by atoms with Crippen LogP contribution in [0.4, 0.5) is 0 Å². The lowest BCUT2D eigenvalue weighted by Crippen LogP contribution is -2.10. The maximum absolute atomic E-state index is 12.4. The first-order valence-electron chi connectivity index (χ1n) is 8.23. The van der Waals surface area contributed by atoms with Crippen molar-refractivity contribution in [3.8, 4) is 17.2 Å². The van der Waals surface area contributed by atoms with Crippen molar-refractivity contribution >= 4 is 20.0 Å². The zero-order chi connectivity index (χ0) is 20.4. The molecule has 0 spiro atoms. The van der Waals surface area contributed by atoms with Crippen molar-refractivity contribution in [2.45, 2.75) is 16.7 Å². The Hall–Kier alpha value is -2.84. The third-order valence-corrected chi connectivity index (χ3v) is 6.16. The van der Waals surface area contributed by atoms with Gasteiger partial charge in [0.15, 0.2) is 9.84 Å². The van der Waals surface area contributed by atoms with Gasteiger partial charge in [0.05, 0.1) is 4.90 Å². The van der Waals surface area contributed by atoms with Crippen molar-refractivity contribution < 1.29 is 25.8 Å². The molecule has 3 rings (SSSR count). The van der Waals surface area contributed by atoms with Gasteiger partial charge in [0, 0.05) is 6.26 Å². The summed E-state index contributed by atoms with van der Waals surface area (Å²) in [4.78, 5) is -0.338. The minimum atomic E-state index is -4.18. The lowest BCUT2D eigenvalue weighted by molar-refractivity contribution is 0.474. The van der Waals surface area contributed by atoms with Crippen molar-refractivity contribution in [1.29, 1.82) is 0 Å². The maximum atomic E-state index is 12.4. The third-order valence-electron chi connectivity index (χ3n) is 3.81. The highest BCUT2D eigenvalue weighted by molar-refractivity contribution is 7.90. The summed E-state index contributed by atoms with van der Waals surface area (Å²) in [7, 11) is -7.71. The smallest absolute Gasteiger partial charge is 0.339 e. The van der Waals surface area contributed by atoms with E-state index in [4.69, 9.17) is 8.92 Å². The predicted octanol–water partition coefficient (Wildman–Crippen LogP) is 3.96. The van der Waals surface area contributed by atoms with Gasteiger partial charge >= 0.3 is 10.1 Å². The number of ether oxygens (including phenoxy) is 1. The van der Waals surface area contributed by atoms with E-state index in [-0.39, 0.29) is 15.5 Å². The van der Waals surface area contributed by atoms with E-state index in [9.17, 15) is 16.8 Å². The van der Waals surface area contributed by atoms with E-state index < -0.39 is 20.0 Å². The maximum Gasteiger partial charge on any atom is 0.339 e. The molecule has 0 aliphatic carbocycles. The molecule has 28 heavy (non-hydrogen) atoms. The molecule has 3 aromatic carbocycles. The lowest BCUT2D eigenvalue weighted by Gasteiger charge is -2.09. The lowest BCUT2D eigenvalue weighted by atomic mass is 10.2. The van der Waals surface area contributed by atoms with Crippen molar-refractivity contribution in [3.63, 3.8) is 0 Å². The Balaban J connectivity index is 1.77. The first-order chi connectivity index (χ1) is 13.1. The van der Waals surface area contributed by atoms with Crippen LogP contribution in [0, 0.1) is 6.92 Å². The molecule has 0 N–H and O–H groups in total. The largest absolute Gasteiger partial charge is 0.457 e. The molecule has 0 radical (unpaired) electrons. The Labute approximate surface area is 164 Å². The van der Waals surface area contributed by atoms with Crippen LogP contribution in [0.1, 0.15) is 5.56 Å². The van der Waals surface area contributed by atoms with Crippen LogP contribution in [0.2, 0.25) is 0 Å². The number of hydrogen-bond donors (Lipinski definition) is 0. The summed E-state index contributed by atoms with van der Waals surface area (Å²) in [6.45, 7) is 1.97. The van der Waals surface area contributed by atoms with E-state index in [2.05, 4.69) is 0 Å². The summed E-state index contributed by atoms with van der Waals surface area (Å²) in [6.07, 6.45) is 1.01. The molecular formula is C20H18O6S2. The van der Waals surface area contributed by atoms with E-state index in [1.54, 1.807) is 12.1 Å². The summed E-state index contributed by atoms with van der Waals surface area (Å²) in [5.74, 6) is 1.26. The van der Waals surface area contributed by atoms with Gasteiger partial charge in [-0.3, -0.25) is 0 Å². The molecule has 0 unspecified atom stereocenters. The van der Waals surface area contributed by atoms with Crippen LogP contribution in [-0.2, 0) is 20.0 Å². The second kappa shape index (κ2) is 7.65. The second-order valence-electron chi connectivity index (χ2n) is 6.17. The Morgan fingerprint density at radius 1 is 0.679 bits per heavy atom. The Kier molecular flexibility index (Phi) is 5.44. The molecule has 0 saturated carbocycles. The molecule has 0 fully saturated rings. The van der Waals surface area contributed by atoms with Gasteiger partial charge in [-0.2, -0.15) is 8.42 Å². The Morgan fingerprint density at radius 2 is 1.18 bits per heavy atom. The molecule has 0 aromatic heterocycles. The fourth-order valence-electron chi connectivity index (χ4n) is 2.34. The fraction of sp³-hybridized carbons (Fsp3) is 0.100. The van der Waals surface area contributed by atoms with E-state index in [1.165, 1.54) is 30.3 Å². The van der Waals surface area contributed by atoms with E-state index >= 15 is 0 Å². The van der Waals surface area contributed by atoms with Gasteiger partial charge < -0.3 is 8.92 Å². The van der Waals surface area contributed by atoms with Gasteiger partial charge in [0.25, 0.3) is 0 Å². The summed E-state index contributed by atoms with van der Waals surface area (Å²) in [5.41, 5.74) is 1.11. The van der Waals surface area contributed by atoms with E-state index in [0.29, 0.717) is 11.5 Å². The number of sulfone groups is 1. The third kappa shape index (κ3) is 4.90. The highest BCUT2D eigenvalue weighted by Gasteiger charge is 2.19. The van der Waals surface area contributed by atoms with Crippen LogP contribution in [0.15, 0.2) is 82.6 Å². The summed E-state index contributed by atoms with van der Waals surface area (Å²) < 4.78 is 58.9. The molecule has 0 saturated heterocycles. The van der Waals surface area contributed by atoms with E-state index in [0.717, 1.165) is 17.9 Å². The van der Waals surface area contributed by atoms with Gasteiger partial charge in [-0.25, -0.2) is 8.42 Å². The van der Waals surface area contributed by atoms with Crippen molar-refractivity contribution in [2.75, 3.05) is 6.26 Å². The highest BCUT2D eigenvalue weighted by Crippen LogP contribution is 2.26. The Bertz CT molecular complexity index is 1180. The monoisotopic (exact) mass is 418 g/mol. The zero-order valence-electron chi connectivity index (χ0n) is 15.2. The number of rotatable bonds is 6. The molecule has 0 atom stereocenters. The van der Waals surface area contributed by atoms with Gasteiger partial charge in [0.1, 0.15) is 22.1 Å². The predicted molar refractivity (Wildman–Crippen MR) is 105 cm³/mol. The minimum absolute atomic E-state index is 0.0843. The summed E-state index contributed by atoms with van der Waals surface area (Å²) in [6, 6.07) is 18.6. The van der Waals surface area contributed by atoms with Crippen molar-refractivity contribution in [2.24, 2.45) is 0 Å². The highest BCUT2D eigenvalue weighted by atomic mass is 32.2. The number of hydrogen-bond acceptors (Lipinski definition) is 6. The number of benzene rings is 3. The topological polar surface area (TPSA) is 86.7 Å². The molecule has 0 amide bonds. The van der Waals surface area contributed by atoms with Gasteiger partial charge in [-0.05, 0) is 61.5 Å². The molecule has 3 aromatic rings. The van der Waals surface area contributed by atoms with Crippen LogP contribution < -0.4 is 8.92 Å². The van der Waals surface area contributed by atoms with E-state index in [1.807, 2.05) is 31.2 Å². The van der Waals surface area contributed by atoms with Crippen LogP contribution >= 0.6 is 0 Å². The normalized spacial score (nSPS) is 11.8. The molecule has 146 valence electrons.